The zero-order valence-electron chi connectivity index (χ0n) is 12.4. The Labute approximate surface area is 130 Å². The molecule has 0 aromatic heterocycles. The van der Waals surface area contributed by atoms with Gasteiger partial charge < -0.3 is 5.32 Å². The second-order valence-electron chi connectivity index (χ2n) is 5.48. The van der Waals surface area contributed by atoms with E-state index in [0.29, 0.717) is 6.04 Å². The highest BCUT2D eigenvalue weighted by Gasteiger charge is 2.08. The van der Waals surface area contributed by atoms with Crippen molar-refractivity contribution in [3.05, 3.63) is 63.6 Å². The molecule has 0 radical (unpaired) electrons. The van der Waals surface area contributed by atoms with Gasteiger partial charge in [-0.2, -0.15) is 0 Å². The summed E-state index contributed by atoms with van der Waals surface area (Å²) in [5, 5.41) is 3.66. The van der Waals surface area contributed by atoms with Crippen LogP contribution in [0, 0.1) is 13.8 Å². The van der Waals surface area contributed by atoms with Crippen LogP contribution in [0.2, 0.25) is 0 Å². The summed E-state index contributed by atoms with van der Waals surface area (Å²) in [6.07, 6.45) is 2.25. The molecule has 1 atom stereocenters. The fourth-order valence-corrected chi connectivity index (χ4v) is 3.17. The Morgan fingerprint density at radius 3 is 2.25 bits per heavy atom. The van der Waals surface area contributed by atoms with Gasteiger partial charge in [0.05, 0.1) is 0 Å². The number of anilines is 1. The highest BCUT2D eigenvalue weighted by atomic mass is 79.9. The topological polar surface area (TPSA) is 12.0 Å². The summed E-state index contributed by atoms with van der Waals surface area (Å²) in [5.74, 6) is 0. The summed E-state index contributed by atoms with van der Waals surface area (Å²) in [6.45, 7) is 6.57. The van der Waals surface area contributed by atoms with Crippen molar-refractivity contribution in [3.8, 4) is 0 Å². The molecule has 106 valence electrons. The standard InChI is InChI=1S/C18H22BrN/c1-13-11-17(19)12-14(2)18(13)20-15(3)9-10-16-7-5-4-6-8-16/h4-8,11-12,15,20H,9-10H2,1-3H3. The van der Waals surface area contributed by atoms with Crippen LogP contribution in [0.1, 0.15) is 30.0 Å². The van der Waals surface area contributed by atoms with Gasteiger partial charge in [0.1, 0.15) is 0 Å². The lowest BCUT2D eigenvalue weighted by molar-refractivity contribution is 0.705. The van der Waals surface area contributed by atoms with Gasteiger partial charge in [-0.15, -0.1) is 0 Å². The minimum atomic E-state index is 0.466. The van der Waals surface area contributed by atoms with E-state index in [0.717, 1.165) is 17.3 Å². The van der Waals surface area contributed by atoms with Crippen LogP contribution in [0.4, 0.5) is 5.69 Å². The second-order valence-corrected chi connectivity index (χ2v) is 6.40. The van der Waals surface area contributed by atoms with Gasteiger partial charge in [0.2, 0.25) is 0 Å². The number of rotatable bonds is 5. The minimum Gasteiger partial charge on any atom is -0.382 e. The zero-order chi connectivity index (χ0) is 14.5. The zero-order valence-corrected chi connectivity index (χ0v) is 14.0. The van der Waals surface area contributed by atoms with Crippen molar-refractivity contribution in [1.29, 1.82) is 0 Å². The Hall–Kier alpha value is -1.28. The molecule has 1 nitrogen and oxygen atoms in total. The largest absolute Gasteiger partial charge is 0.382 e. The van der Waals surface area contributed by atoms with Crippen molar-refractivity contribution in [3.63, 3.8) is 0 Å². The van der Waals surface area contributed by atoms with Crippen molar-refractivity contribution >= 4 is 21.6 Å². The fraction of sp³-hybridized carbons (Fsp3) is 0.333. The third-order valence-electron chi connectivity index (χ3n) is 3.60. The van der Waals surface area contributed by atoms with Gasteiger partial charge in [-0.3, -0.25) is 0 Å². The molecule has 0 fully saturated rings. The molecular weight excluding hydrogens is 310 g/mol. The highest BCUT2D eigenvalue weighted by molar-refractivity contribution is 9.10. The Morgan fingerprint density at radius 1 is 1.05 bits per heavy atom. The van der Waals surface area contributed by atoms with Gasteiger partial charge in [0.25, 0.3) is 0 Å². The van der Waals surface area contributed by atoms with E-state index >= 15 is 0 Å². The first kappa shape index (κ1) is 15.1. The number of halogens is 1. The van der Waals surface area contributed by atoms with Crippen LogP contribution in [0.3, 0.4) is 0 Å². The second kappa shape index (κ2) is 6.94. The van der Waals surface area contributed by atoms with E-state index in [1.807, 2.05) is 0 Å². The monoisotopic (exact) mass is 331 g/mol. The maximum atomic E-state index is 3.66. The molecule has 1 unspecified atom stereocenters. The lowest BCUT2D eigenvalue weighted by Crippen LogP contribution is -2.17. The molecule has 2 aromatic carbocycles. The van der Waals surface area contributed by atoms with E-state index in [2.05, 4.69) is 84.5 Å². The summed E-state index contributed by atoms with van der Waals surface area (Å²) in [4.78, 5) is 0. The predicted octanol–water partition coefficient (Wildman–Crippen LogP) is 5.50. The first-order valence-corrected chi connectivity index (χ1v) is 7.93. The number of nitrogens with one attached hydrogen (secondary N) is 1. The maximum absolute atomic E-state index is 3.66. The smallest absolute Gasteiger partial charge is 0.0402 e. The first-order valence-electron chi connectivity index (χ1n) is 7.13. The average molecular weight is 332 g/mol. The predicted molar refractivity (Wildman–Crippen MR) is 91.5 cm³/mol. The van der Waals surface area contributed by atoms with Gasteiger partial charge >= 0.3 is 0 Å². The number of hydrogen-bond acceptors (Lipinski definition) is 1. The van der Waals surface area contributed by atoms with Crippen molar-refractivity contribution in [1.82, 2.24) is 0 Å². The average Bonchev–Trinajstić information content (AvgIpc) is 2.42. The third-order valence-corrected chi connectivity index (χ3v) is 4.05. The molecular formula is C18H22BrN. The molecule has 0 amide bonds. The lowest BCUT2D eigenvalue weighted by Gasteiger charge is -2.19. The van der Waals surface area contributed by atoms with Gasteiger partial charge in [0, 0.05) is 16.2 Å². The number of aryl methyl sites for hydroxylation is 3. The Kier molecular flexibility index (Phi) is 5.24. The normalized spacial score (nSPS) is 12.2. The quantitative estimate of drug-likeness (QED) is 0.762. The number of benzene rings is 2. The van der Waals surface area contributed by atoms with Crippen molar-refractivity contribution in [2.75, 3.05) is 5.32 Å². The van der Waals surface area contributed by atoms with E-state index < -0.39 is 0 Å². The minimum absolute atomic E-state index is 0.466. The van der Waals surface area contributed by atoms with E-state index in [4.69, 9.17) is 0 Å². The van der Waals surface area contributed by atoms with Crippen LogP contribution in [0.5, 0.6) is 0 Å². The number of hydrogen-bond donors (Lipinski definition) is 1. The Balaban J connectivity index is 1.96. The van der Waals surface area contributed by atoms with Crippen molar-refractivity contribution in [2.45, 2.75) is 39.7 Å². The molecule has 2 heteroatoms. The van der Waals surface area contributed by atoms with E-state index in [1.54, 1.807) is 0 Å². The molecule has 0 aliphatic carbocycles. The molecule has 2 aromatic rings. The highest BCUT2D eigenvalue weighted by Crippen LogP contribution is 2.26. The van der Waals surface area contributed by atoms with Gasteiger partial charge in [0.15, 0.2) is 0 Å². The summed E-state index contributed by atoms with van der Waals surface area (Å²) in [5.41, 5.74) is 5.27. The molecule has 0 saturated carbocycles. The molecule has 0 saturated heterocycles. The van der Waals surface area contributed by atoms with Crippen molar-refractivity contribution in [2.24, 2.45) is 0 Å². The molecule has 2 rings (SSSR count). The molecule has 0 spiro atoms. The van der Waals surface area contributed by atoms with Gasteiger partial charge in [-0.25, -0.2) is 0 Å². The maximum Gasteiger partial charge on any atom is 0.0402 e. The van der Waals surface area contributed by atoms with Crippen LogP contribution < -0.4 is 5.32 Å². The van der Waals surface area contributed by atoms with E-state index in [9.17, 15) is 0 Å². The Bertz CT molecular complexity index is 540. The van der Waals surface area contributed by atoms with Gasteiger partial charge in [-0.1, -0.05) is 46.3 Å². The van der Waals surface area contributed by atoms with E-state index in [-0.39, 0.29) is 0 Å². The summed E-state index contributed by atoms with van der Waals surface area (Å²) in [7, 11) is 0. The molecule has 0 bridgehead atoms. The first-order chi connectivity index (χ1) is 9.56. The van der Waals surface area contributed by atoms with Crippen LogP contribution in [0.25, 0.3) is 0 Å². The SMILES string of the molecule is Cc1cc(Br)cc(C)c1NC(C)CCc1ccccc1. The van der Waals surface area contributed by atoms with Gasteiger partial charge in [-0.05, 0) is 62.4 Å². The van der Waals surface area contributed by atoms with Crippen molar-refractivity contribution < 1.29 is 0 Å². The lowest BCUT2D eigenvalue weighted by atomic mass is 10.0. The Morgan fingerprint density at radius 2 is 1.65 bits per heavy atom. The van der Waals surface area contributed by atoms with Crippen LogP contribution in [-0.4, -0.2) is 6.04 Å². The summed E-state index contributed by atoms with van der Waals surface area (Å²) >= 11 is 3.55. The van der Waals surface area contributed by atoms with Crippen LogP contribution >= 0.6 is 15.9 Å². The van der Waals surface area contributed by atoms with Crippen LogP contribution in [0.15, 0.2) is 46.9 Å². The molecule has 1 N–H and O–H groups in total. The molecule has 0 aliphatic heterocycles. The van der Waals surface area contributed by atoms with E-state index in [1.165, 1.54) is 22.4 Å². The fourth-order valence-electron chi connectivity index (χ4n) is 2.48. The molecule has 0 aliphatic rings. The molecule has 20 heavy (non-hydrogen) atoms. The summed E-state index contributed by atoms with van der Waals surface area (Å²) in [6, 6.07) is 15.5. The molecule has 0 heterocycles. The van der Waals surface area contributed by atoms with Crippen LogP contribution in [-0.2, 0) is 6.42 Å². The third kappa shape index (κ3) is 4.11. The summed E-state index contributed by atoms with van der Waals surface area (Å²) < 4.78 is 1.15.